The lowest BCUT2D eigenvalue weighted by molar-refractivity contribution is -0.385. The van der Waals surface area contributed by atoms with Gasteiger partial charge in [0, 0.05) is 6.07 Å². The molecule has 0 aliphatic carbocycles. The molecule has 0 spiro atoms. The van der Waals surface area contributed by atoms with Crippen LogP contribution in [-0.2, 0) is 11.2 Å². The van der Waals surface area contributed by atoms with E-state index >= 15 is 0 Å². The number of benzene rings is 3. The van der Waals surface area contributed by atoms with Crippen molar-refractivity contribution in [2.45, 2.75) is 25.4 Å². The van der Waals surface area contributed by atoms with E-state index in [0.29, 0.717) is 6.42 Å². The predicted molar refractivity (Wildman–Crippen MR) is 121 cm³/mol. The summed E-state index contributed by atoms with van der Waals surface area (Å²) in [5.74, 6) is -2.10. The van der Waals surface area contributed by atoms with E-state index in [0.717, 1.165) is 16.0 Å². The molecule has 33 heavy (non-hydrogen) atoms. The normalized spacial score (nSPS) is 14.5. The van der Waals surface area contributed by atoms with Crippen LogP contribution < -0.4 is 5.32 Å². The minimum atomic E-state index is -1.15. The molecule has 0 aromatic heterocycles. The van der Waals surface area contributed by atoms with Crippen LogP contribution in [0, 0.1) is 10.1 Å². The van der Waals surface area contributed by atoms with Gasteiger partial charge < -0.3 is 5.32 Å². The zero-order valence-electron chi connectivity index (χ0n) is 17.8. The van der Waals surface area contributed by atoms with E-state index in [2.05, 4.69) is 5.32 Å². The molecule has 3 aromatic rings. The van der Waals surface area contributed by atoms with E-state index in [1.54, 1.807) is 0 Å². The number of carbonyl (C=O) groups is 3. The van der Waals surface area contributed by atoms with E-state index in [-0.39, 0.29) is 11.1 Å². The Hall–Kier alpha value is -4.33. The summed E-state index contributed by atoms with van der Waals surface area (Å²) in [4.78, 5) is 50.4. The molecule has 1 aliphatic rings. The third kappa shape index (κ3) is 4.23. The molecule has 1 N–H and O–H groups in total. The molecule has 0 saturated heterocycles. The van der Waals surface area contributed by atoms with Crippen molar-refractivity contribution in [1.29, 1.82) is 0 Å². The number of nitrogens with zero attached hydrogens (tertiary/aromatic N) is 2. The second-order valence-electron chi connectivity index (χ2n) is 7.77. The lowest BCUT2D eigenvalue weighted by Crippen LogP contribution is -2.48. The number of imide groups is 1. The Bertz CT molecular complexity index is 1230. The molecule has 0 fully saturated rings. The van der Waals surface area contributed by atoms with Crippen LogP contribution in [0.3, 0.4) is 0 Å². The first-order chi connectivity index (χ1) is 15.9. The molecule has 1 heterocycles. The molecule has 0 saturated carbocycles. The lowest BCUT2D eigenvalue weighted by atomic mass is 9.98. The molecule has 3 amide bonds. The van der Waals surface area contributed by atoms with E-state index in [9.17, 15) is 24.5 Å². The SMILES string of the molecule is C[C@H](C(=O)N[C@H](Cc1ccccc1)c1ccccc1)N1C(=O)c2cccc([N+](=O)[O-])c2C1=O. The number of rotatable bonds is 7. The van der Waals surface area contributed by atoms with Gasteiger partial charge in [-0.3, -0.25) is 29.4 Å². The van der Waals surface area contributed by atoms with Crippen molar-refractivity contribution in [1.82, 2.24) is 10.2 Å². The van der Waals surface area contributed by atoms with Gasteiger partial charge in [-0.1, -0.05) is 66.7 Å². The minimum absolute atomic E-state index is 0.0715. The Balaban J connectivity index is 1.59. The minimum Gasteiger partial charge on any atom is -0.347 e. The van der Waals surface area contributed by atoms with Gasteiger partial charge in [0.2, 0.25) is 5.91 Å². The molecule has 8 nitrogen and oxygen atoms in total. The molecule has 166 valence electrons. The Labute approximate surface area is 190 Å². The molecular weight excluding hydrogens is 422 g/mol. The summed E-state index contributed by atoms with van der Waals surface area (Å²) < 4.78 is 0. The number of hydrogen-bond donors (Lipinski definition) is 1. The van der Waals surface area contributed by atoms with Gasteiger partial charge >= 0.3 is 0 Å². The molecule has 3 aromatic carbocycles. The topological polar surface area (TPSA) is 110 Å². The fourth-order valence-corrected chi connectivity index (χ4v) is 3.99. The highest BCUT2D eigenvalue weighted by Crippen LogP contribution is 2.32. The van der Waals surface area contributed by atoms with E-state index in [1.807, 2.05) is 60.7 Å². The zero-order valence-corrected chi connectivity index (χ0v) is 17.8. The smallest absolute Gasteiger partial charge is 0.282 e. The van der Waals surface area contributed by atoms with Gasteiger partial charge in [0.1, 0.15) is 11.6 Å². The number of carbonyl (C=O) groups excluding carboxylic acids is 3. The molecule has 4 rings (SSSR count). The molecular formula is C25H21N3O5. The summed E-state index contributed by atoms with van der Waals surface area (Å²) >= 11 is 0. The maximum absolute atomic E-state index is 13.2. The first kappa shape index (κ1) is 21.9. The number of nitro groups is 1. The Kier molecular flexibility index (Phi) is 5.99. The molecule has 0 radical (unpaired) electrons. The van der Waals surface area contributed by atoms with Gasteiger partial charge in [-0.05, 0) is 30.5 Å². The quantitative estimate of drug-likeness (QED) is 0.340. The summed E-state index contributed by atoms with van der Waals surface area (Å²) in [7, 11) is 0. The van der Waals surface area contributed by atoms with E-state index in [1.165, 1.54) is 25.1 Å². The molecule has 1 aliphatic heterocycles. The fourth-order valence-electron chi connectivity index (χ4n) is 3.99. The average molecular weight is 443 g/mol. The second kappa shape index (κ2) is 9.04. The Morgan fingerprint density at radius 2 is 1.58 bits per heavy atom. The Morgan fingerprint density at radius 1 is 0.939 bits per heavy atom. The van der Waals surface area contributed by atoms with Gasteiger partial charge in [0.25, 0.3) is 17.5 Å². The van der Waals surface area contributed by atoms with Crippen molar-refractivity contribution in [3.63, 3.8) is 0 Å². The summed E-state index contributed by atoms with van der Waals surface area (Å²) in [6.45, 7) is 1.44. The van der Waals surface area contributed by atoms with E-state index < -0.39 is 40.4 Å². The summed E-state index contributed by atoms with van der Waals surface area (Å²) in [6, 6.07) is 21.4. The number of amides is 3. The largest absolute Gasteiger partial charge is 0.347 e. The highest BCUT2D eigenvalue weighted by molar-refractivity contribution is 6.24. The van der Waals surface area contributed by atoms with Crippen LogP contribution >= 0.6 is 0 Å². The number of nitrogens with one attached hydrogen (secondary N) is 1. The summed E-state index contributed by atoms with van der Waals surface area (Å²) in [5.41, 5.74) is 1.08. The maximum atomic E-state index is 13.2. The third-order valence-corrected chi connectivity index (χ3v) is 5.69. The van der Waals surface area contributed by atoms with Crippen LogP contribution in [0.1, 0.15) is 44.8 Å². The molecule has 2 atom stereocenters. The van der Waals surface area contributed by atoms with Gasteiger partial charge in [0.05, 0.1) is 16.5 Å². The van der Waals surface area contributed by atoms with Crippen molar-refractivity contribution in [3.8, 4) is 0 Å². The Morgan fingerprint density at radius 3 is 2.21 bits per heavy atom. The number of fused-ring (bicyclic) bond motifs is 1. The van der Waals surface area contributed by atoms with Crippen LogP contribution in [0.5, 0.6) is 0 Å². The second-order valence-corrected chi connectivity index (χ2v) is 7.77. The van der Waals surface area contributed by atoms with Crippen LogP contribution in [0.25, 0.3) is 0 Å². The predicted octanol–water partition coefficient (Wildman–Crippen LogP) is 3.68. The number of hydrogen-bond acceptors (Lipinski definition) is 5. The fraction of sp³-hybridized carbons (Fsp3) is 0.160. The highest BCUT2D eigenvalue weighted by Gasteiger charge is 2.45. The van der Waals surface area contributed by atoms with Crippen LogP contribution in [0.4, 0.5) is 5.69 Å². The summed E-state index contributed by atoms with van der Waals surface area (Å²) in [6.07, 6.45) is 0.511. The average Bonchev–Trinajstić information content (AvgIpc) is 3.09. The first-order valence-corrected chi connectivity index (χ1v) is 10.4. The van der Waals surface area contributed by atoms with Crippen molar-refractivity contribution < 1.29 is 19.3 Å². The van der Waals surface area contributed by atoms with Crippen LogP contribution in [0.2, 0.25) is 0 Å². The van der Waals surface area contributed by atoms with Gasteiger partial charge in [-0.15, -0.1) is 0 Å². The van der Waals surface area contributed by atoms with Gasteiger partial charge in [0.15, 0.2) is 0 Å². The zero-order chi connectivity index (χ0) is 23.5. The standard InChI is InChI=1S/C25H21N3O5/c1-16(27-24(30)19-13-8-14-21(28(32)33)22(19)25(27)31)23(29)26-20(18-11-6-3-7-12-18)15-17-9-4-2-5-10-17/h2-14,16,20H,15H2,1H3,(H,26,29)/t16-,20-/m1/s1. The highest BCUT2D eigenvalue weighted by atomic mass is 16.6. The monoisotopic (exact) mass is 443 g/mol. The van der Waals surface area contributed by atoms with Gasteiger partial charge in [-0.25, -0.2) is 0 Å². The van der Waals surface area contributed by atoms with Crippen molar-refractivity contribution >= 4 is 23.4 Å². The van der Waals surface area contributed by atoms with Crippen molar-refractivity contribution in [2.24, 2.45) is 0 Å². The number of nitro benzene ring substituents is 1. The first-order valence-electron chi connectivity index (χ1n) is 10.4. The van der Waals surface area contributed by atoms with E-state index in [4.69, 9.17) is 0 Å². The van der Waals surface area contributed by atoms with Crippen molar-refractivity contribution in [3.05, 3.63) is 111 Å². The van der Waals surface area contributed by atoms with Gasteiger partial charge in [-0.2, -0.15) is 0 Å². The molecule has 8 heteroatoms. The molecule has 0 unspecified atom stereocenters. The third-order valence-electron chi connectivity index (χ3n) is 5.69. The van der Waals surface area contributed by atoms with Crippen LogP contribution in [0.15, 0.2) is 78.9 Å². The van der Waals surface area contributed by atoms with Crippen molar-refractivity contribution in [2.75, 3.05) is 0 Å². The van der Waals surface area contributed by atoms with Crippen LogP contribution in [-0.4, -0.2) is 33.6 Å². The molecule has 0 bridgehead atoms. The summed E-state index contributed by atoms with van der Waals surface area (Å²) in [5, 5.41) is 14.3. The lowest BCUT2D eigenvalue weighted by Gasteiger charge is -2.26. The maximum Gasteiger partial charge on any atom is 0.282 e.